The Balaban J connectivity index is 2.14. The van der Waals surface area contributed by atoms with Crippen molar-refractivity contribution in [1.29, 1.82) is 0 Å². The Morgan fingerprint density at radius 3 is 2.89 bits per heavy atom. The van der Waals surface area contributed by atoms with Crippen molar-refractivity contribution < 1.29 is 5.11 Å². The van der Waals surface area contributed by atoms with E-state index in [4.69, 9.17) is 0 Å². The van der Waals surface area contributed by atoms with E-state index in [0.717, 1.165) is 18.7 Å². The van der Waals surface area contributed by atoms with E-state index in [1.54, 1.807) is 0 Å². The quantitative estimate of drug-likeness (QED) is 0.868. The number of hydrogen-bond donors (Lipinski definition) is 1. The molecular formula is C15H24N2O. The molecule has 1 fully saturated rings. The zero-order chi connectivity index (χ0) is 12.8. The van der Waals surface area contributed by atoms with Crippen LogP contribution in [0, 0.1) is 5.92 Å². The predicted octanol–water partition coefficient (Wildman–Crippen LogP) is 3.25. The zero-order valence-corrected chi connectivity index (χ0v) is 11.3. The van der Waals surface area contributed by atoms with Gasteiger partial charge < -0.3 is 5.11 Å². The van der Waals surface area contributed by atoms with Gasteiger partial charge in [0.05, 0.1) is 12.3 Å². The highest BCUT2D eigenvalue weighted by molar-refractivity contribution is 5.50. The molecule has 3 heteroatoms. The third kappa shape index (κ3) is 3.22. The lowest BCUT2D eigenvalue weighted by molar-refractivity contribution is 0.295. The second-order valence-electron chi connectivity index (χ2n) is 5.19. The van der Waals surface area contributed by atoms with E-state index < -0.39 is 0 Å². The molecule has 1 aromatic rings. The summed E-state index contributed by atoms with van der Waals surface area (Å²) in [4.78, 5) is 0. The van der Waals surface area contributed by atoms with Crippen LogP contribution in [-0.4, -0.2) is 21.5 Å². The number of aryl methyl sites for hydroxylation is 1. The second kappa shape index (κ2) is 6.74. The molecule has 0 saturated heterocycles. The lowest BCUT2D eigenvalue weighted by Gasteiger charge is -2.23. The number of aliphatic hydroxyl groups excluding tert-OH is 1. The molecule has 1 aromatic heterocycles. The van der Waals surface area contributed by atoms with E-state index in [9.17, 15) is 5.11 Å². The summed E-state index contributed by atoms with van der Waals surface area (Å²) in [7, 11) is 0. The van der Waals surface area contributed by atoms with Gasteiger partial charge in [0.25, 0.3) is 0 Å². The molecule has 0 radical (unpaired) electrons. The Morgan fingerprint density at radius 2 is 2.22 bits per heavy atom. The molecule has 0 unspecified atom stereocenters. The first-order chi connectivity index (χ1) is 8.85. The monoisotopic (exact) mass is 248 g/mol. The molecule has 0 bridgehead atoms. The Kier molecular flexibility index (Phi) is 5.00. The van der Waals surface area contributed by atoms with E-state index in [-0.39, 0.29) is 6.61 Å². The van der Waals surface area contributed by atoms with Gasteiger partial charge in [-0.3, -0.25) is 4.68 Å². The van der Waals surface area contributed by atoms with Crippen LogP contribution in [0.4, 0.5) is 0 Å². The lowest BCUT2D eigenvalue weighted by Crippen LogP contribution is -2.12. The predicted molar refractivity (Wildman–Crippen MR) is 74.2 cm³/mol. The Bertz CT molecular complexity index is 389. The van der Waals surface area contributed by atoms with Crippen LogP contribution in [0.15, 0.2) is 17.8 Å². The standard InChI is InChI=1S/C15H24N2O/c1-2-10-17-15(8-9-16-17)11-14(12-18)13-6-4-3-5-7-13/h8-9,11,13,18H,2-7,10,12H2,1H3/b14-11-. The van der Waals surface area contributed by atoms with Crippen molar-refractivity contribution >= 4 is 6.08 Å². The number of hydrogen-bond acceptors (Lipinski definition) is 2. The molecule has 0 spiro atoms. The van der Waals surface area contributed by atoms with Gasteiger partial charge in [-0.1, -0.05) is 26.2 Å². The van der Waals surface area contributed by atoms with Gasteiger partial charge in [0.2, 0.25) is 0 Å². The Labute approximate surface area is 110 Å². The van der Waals surface area contributed by atoms with Crippen molar-refractivity contribution in [1.82, 2.24) is 9.78 Å². The topological polar surface area (TPSA) is 38.0 Å². The van der Waals surface area contributed by atoms with Gasteiger partial charge in [0, 0.05) is 12.7 Å². The lowest BCUT2D eigenvalue weighted by atomic mass is 9.83. The minimum Gasteiger partial charge on any atom is -0.392 e. The van der Waals surface area contributed by atoms with E-state index in [0.29, 0.717) is 5.92 Å². The van der Waals surface area contributed by atoms with Crippen LogP contribution >= 0.6 is 0 Å². The van der Waals surface area contributed by atoms with E-state index in [1.165, 1.54) is 37.7 Å². The fraction of sp³-hybridized carbons (Fsp3) is 0.667. The third-order valence-corrected chi connectivity index (χ3v) is 3.83. The third-order valence-electron chi connectivity index (χ3n) is 3.83. The number of aliphatic hydroxyl groups is 1. The maximum atomic E-state index is 9.60. The molecule has 3 nitrogen and oxygen atoms in total. The largest absolute Gasteiger partial charge is 0.392 e. The average Bonchev–Trinajstić information content (AvgIpc) is 2.85. The van der Waals surface area contributed by atoms with Gasteiger partial charge in [-0.2, -0.15) is 5.10 Å². The highest BCUT2D eigenvalue weighted by Gasteiger charge is 2.17. The first-order valence-corrected chi connectivity index (χ1v) is 7.18. The van der Waals surface area contributed by atoms with Crippen LogP contribution in [0.25, 0.3) is 6.08 Å². The fourth-order valence-electron chi connectivity index (χ4n) is 2.82. The molecule has 0 amide bonds. The molecule has 1 N–H and O–H groups in total. The van der Waals surface area contributed by atoms with Crippen LogP contribution < -0.4 is 0 Å². The molecule has 0 atom stereocenters. The van der Waals surface area contributed by atoms with Crippen molar-refractivity contribution in [3.63, 3.8) is 0 Å². The van der Waals surface area contributed by atoms with Crippen molar-refractivity contribution in [3.05, 3.63) is 23.5 Å². The molecular weight excluding hydrogens is 224 g/mol. The molecule has 0 aromatic carbocycles. The Hall–Kier alpha value is -1.09. The van der Waals surface area contributed by atoms with Gasteiger partial charge in [0.1, 0.15) is 0 Å². The SMILES string of the molecule is CCCn1nccc1/C=C(/CO)C1CCCCC1. The number of nitrogens with zero attached hydrogens (tertiary/aromatic N) is 2. The normalized spacial score (nSPS) is 18.2. The molecule has 18 heavy (non-hydrogen) atoms. The molecule has 2 rings (SSSR count). The maximum absolute atomic E-state index is 9.60. The van der Waals surface area contributed by atoms with E-state index in [2.05, 4.69) is 18.1 Å². The molecule has 100 valence electrons. The molecule has 1 aliphatic rings. The van der Waals surface area contributed by atoms with E-state index in [1.807, 2.05) is 16.9 Å². The Morgan fingerprint density at radius 1 is 1.44 bits per heavy atom. The highest BCUT2D eigenvalue weighted by Crippen LogP contribution is 2.30. The maximum Gasteiger partial charge on any atom is 0.0648 e. The first-order valence-electron chi connectivity index (χ1n) is 7.18. The minimum absolute atomic E-state index is 0.183. The van der Waals surface area contributed by atoms with Gasteiger partial charge in [-0.05, 0) is 42.9 Å². The van der Waals surface area contributed by atoms with Crippen molar-refractivity contribution in [2.75, 3.05) is 6.61 Å². The summed E-state index contributed by atoms with van der Waals surface area (Å²) in [6.07, 6.45) is 11.5. The van der Waals surface area contributed by atoms with Gasteiger partial charge in [-0.15, -0.1) is 0 Å². The summed E-state index contributed by atoms with van der Waals surface area (Å²) >= 11 is 0. The van der Waals surface area contributed by atoms with Crippen molar-refractivity contribution in [3.8, 4) is 0 Å². The average molecular weight is 248 g/mol. The molecule has 1 heterocycles. The summed E-state index contributed by atoms with van der Waals surface area (Å²) in [5.74, 6) is 0.578. The van der Waals surface area contributed by atoms with Crippen LogP contribution in [-0.2, 0) is 6.54 Å². The van der Waals surface area contributed by atoms with Crippen molar-refractivity contribution in [2.24, 2.45) is 5.92 Å². The first kappa shape index (κ1) is 13.3. The fourth-order valence-corrected chi connectivity index (χ4v) is 2.82. The zero-order valence-electron chi connectivity index (χ0n) is 11.3. The molecule has 1 aliphatic carbocycles. The minimum atomic E-state index is 0.183. The van der Waals surface area contributed by atoms with Crippen LogP contribution in [0.1, 0.15) is 51.1 Å². The summed E-state index contributed by atoms with van der Waals surface area (Å²) < 4.78 is 2.03. The summed E-state index contributed by atoms with van der Waals surface area (Å²) in [5, 5.41) is 13.9. The molecule has 1 saturated carbocycles. The van der Waals surface area contributed by atoms with Crippen LogP contribution in [0.5, 0.6) is 0 Å². The summed E-state index contributed by atoms with van der Waals surface area (Å²) in [5.41, 5.74) is 2.32. The summed E-state index contributed by atoms with van der Waals surface area (Å²) in [6.45, 7) is 3.29. The number of aromatic nitrogens is 2. The van der Waals surface area contributed by atoms with Gasteiger partial charge >= 0.3 is 0 Å². The van der Waals surface area contributed by atoms with Crippen LogP contribution in [0.3, 0.4) is 0 Å². The van der Waals surface area contributed by atoms with Crippen LogP contribution in [0.2, 0.25) is 0 Å². The van der Waals surface area contributed by atoms with Gasteiger partial charge in [0.15, 0.2) is 0 Å². The smallest absolute Gasteiger partial charge is 0.0648 e. The molecule has 0 aliphatic heterocycles. The van der Waals surface area contributed by atoms with E-state index >= 15 is 0 Å². The van der Waals surface area contributed by atoms with Crippen molar-refractivity contribution in [2.45, 2.75) is 52.0 Å². The number of rotatable bonds is 5. The van der Waals surface area contributed by atoms with Gasteiger partial charge in [-0.25, -0.2) is 0 Å². The summed E-state index contributed by atoms with van der Waals surface area (Å²) in [6, 6.07) is 2.04. The highest BCUT2D eigenvalue weighted by atomic mass is 16.3. The second-order valence-corrected chi connectivity index (χ2v) is 5.19.